The van der Waals surface area contributed by atoms with Crippen molar-refractivity contribution in [1.82, 2.24) is 15.2 Å². The summed E-state index contributed by atoms with van der Waals surface area (Å²) in [5, 5.41) is 3.42. The summed E-state index contributed by atoms with van der Waals surface area (Å²) in [6, 6.07) is 8.19. The first kappa shape index (κ1) is 20.1. The van der Waals surface area contributed by atoms with Gasteiger partial charge < -0.3 is 19.4 Å². The number of likely N-dealkylation sites (tertiary alicyclic amines) is 1. The molecule has 1 spiro atoms. The summed E-state index contributed by atoms with van der Waals surface area (Å²) in [5.74, 6) is 1.58. The van der Waals surface area contributed by atoms with Crippen molar-refractivity contribution < 1.29 is 9.15 Å². The lowest BCUT2D eigenvalue weighted by molar-refractivity contribution is 0.156. The lowest BCUT2D eigenvalue weighted by atomic mass is 9.87. The van der Waals surface area contributed by atoms with Crippen molar-refractivity contribution in [2.24, 2.45) is 10.4 Å². The molecule has 1 aromatic heterocycles. The first-order chi connectivity index (χ1) is 12.7. The molecule has 1 atom stereocenters. The highest BCUT2D eigenvalue weighted by Crippen LogP contribution is 2.38. The van der Waals surface area contributed by atoms with Gasteiger partial charge in [-0.1, -0.05) is 17.7 Å². The van der Waals surface area contributed by atoms with Crippen LogP contribution in [0.2, 0.25) is 0 Å². The third kappa shape index (κ3) is 4.45. The van der Waals surface area contributed by atoms with Crippen LogP contribution in [0.15, 0.2) is 39.9 Å². The molecule has 7 heteroatoms. The summed E-state index contributed by atoms with van der Waals surface area (Å²) in [7, 11) is 1.83. The molecular formula is C20H27IN4O2. The van der Waals surface area contributed by atoms with E-state index >= 15 is 0 Å². The molecule has 0 saturated carbocycles. The number of guanidine groups is 1. The van der Waals surface area contributed by atoms with E-state index in [9.17, 15) is 0 Å². The Balaban J connectivity index is 0.00000210. The molecule has 6 nitrogen and oxygen atoms in total. The standard InChI is InChI=1S/C20H26N4O2.HI/c1-15-3-5-16(6-4-15)18-23-17(12-26-18)11-22-19(21-2)24-9-7-20(13-24)8-10-25-14-20;/h3-6,12H,7-11,13-14H2,1-2H3,(H,21,22);1H. The smallest absolute Gasteiger partial charge is 0.226 e. The van der Waals surface area contributed by atoms with Crippen molar-refractivity contribution in [2.75, 3.05) is 33.4 Å². The molecule has 0 radical (unpaired) electrons. The number of aromatic nitrogens is 1. The van der Waals surface area contributed by atoms with Crippen molar-refractivity contribution in [3.05, 3.63) is 41.8 Å². The zero-order valence-electron chi connectivity index (χ0n) is 15.9. The molecule has 27 heavy (non-hydrogen) atoms. The van der Waals surface area contributed by atoms with E-state index in [0.717, 1.165) is 49.9 Å². The largest absolute Gasteiger partial charge is 0.444 e. The Morgan fingerprint density at radius 1 is 1.30 bits per heavy atom. The fourth-order valence-electron chi connectivity index (χ4n) is 3.81. The molecule has 2 fully saturated rings. The van der Waals surface area contributed by atoms with Gasteiger partial charge in [-0.2, -0.15) is 0 Å². The third-order valence-corrected chi connectivity index (χ3v) is 5.41. The third-order valence-electron chi connectivity index (χ3n) is 5.41. The maximum Gasteiger partial charge on any atom is 0.226 e. The average molecular weight is 482 g/mol. The highest BCUT2D eigenvalue weighted by Gasteiger charge is 2.42. The molecular weight excluding hydrogens is 455 g/mol. The first-order valence-corrected chi connectivity index (χ1v) is 9.22. The van der Waals surface area contributed by atoms with Gasteiger partial charge in [-0.3, -0.25) is 4.99 Å². The van der Waals surface area contributed by atoms with Crippen LogP contribution in [0.5, 0.6) is 0 Å². The van der Waals surface area contributed by atoms with Gasteiger partial charge in [0.15, 0.2) is 5.96 Å². The number of aliphatic imine (C=N–C) groups is 1. The van der Waals surface area contributed by atoms with Crippen LogP contribution in [0.25, 0.3) is 11.5 Å². The van der Waals surface area contributed by atoms with Crippen molar-refractivity contribution in [1.29, 1.82) is 0 Å². The second kappa shape index (κ2) is 8.60. The van der Waals surface area contributed by atoms with Crippen molar-refractivity contribution in [3.8, 4) is 11.5 Å². The van der Waals surface area contributed by atoms with Gasteiger partial charge in [0.2, 0.25) is 5.89 Å². The van der Waals surface area contributed by atoms with Crippen LogP contribution in [0.1, 0.15) is 24.1 Å². The predicted octanol–water partition coefficient (Wildman–Crippen LogP) is 3.46. The maximum absolute atomic E-state index is 5.64. The number of oxazole rings is 1. The SMILES string of the molecule is CN=C(NCc1coc(-c2ccc(C)cc2)n1)N1CCC2(CCOC2)C1.I. The second-order valence-corrected chi connectivity index (χ2v) is 7.38. The zero-order valence-corrected chi connectivity index (χ0v) is 18.2. The number of hydrogen-bond acceptors (Lipinski definition) is 4. The van der Waals surface area contributed by atoms with Crippen molar-refractivity contribution in [2.45, 2.75) is 26.3 Å². The predicted molar refractivity (Wildman–Crippen MR) is 116 cm³/mol. The molecule has 1 unspecified atom stereocenters. The minimum atomic E-state index is 0. The lowest BCUT2D eigenvalue weighted by Gasteiger charge is -2.24. The summed E-state index contributed by atoms with van der Waals surface area (Å²) in [5.41, 5.74) is 3.42. The maximum atomic E-state index is 5.64. The van der Waals surface area contributed by atoms with Crippen LogP contribution in [-0.2, 0) is 11.3 Å². The molecule has 2 aromatic rings. The minimum Gasteiger partial charge on any atom is -0.444 e. The van der Waals surface area contributed by atoms with Gasteiger partial charge in [0.05, 0.1) is 18.8 Å². The van der Waals surface area contributed by atoms with Gasteiger partial charge in [-0.05, 0) is 31.9 Å². The molecule has 1 N–H and O–H groups in total. The Labute approximate surface area is 177 Å². The van der Waals surface area contributed by atoms with Gasteiger partial charge in [0, 0.05) is 37.7 Å². The molecule has 146 valence electrons. The molecule has 0 aliphatic carbocycles. The van der Waals surface area contributed by atoms with E-state index in [1.165, 1.54) is 12.0 Å². The Morgan fingerprint density at radius 2 is 2.11 bits per heavy atom. The molecule has 2 aliphatic heterocycles. The van der Waals surface area contributed by atoms with E-state index in [1.807, 2.05) is 19.2 Å². The van der Waals surface area contributed by atoms with E-state index in [2.05, 4.69) is 39.2 Å². The summed E-state index contributed by atoms with van der Waals surface area (Å²) in [4.78, 5) is 11.4. The van der Waals surface area contributed by atoms with E-state index in [4.69, 9.17) is 9.15 Å². The lowest BCUT2D eigenvalue weighted by Crippen LogP contribution is -2.41. The molecule has 3 heterocycles. The number of ether oxygens (including phenoxy) is 1. The number of nitrogens with zero attached hydrogens (tertiary/aromatic N) is 3. The average Bonchev–Trinajstić information content (AvgIpc) is 3.39. The Kier molecular flexibility index (Phi) is 6.41. The fourth-order valence-corrected chi connectivity index (χ4v) is 3.81. The van der Waals surface area contributed by atoms with Gasteiger partial charge in [-0.25, -0.2) is 4.98 Å². The molecule has 1 aromatic carbocycles. The van der Waals surface area contributed by atoms with Crippen LogP contribution in [-0.4, -0.2) is 49.2 Å². The highest BCUT2D eigenvalue weighted by atomic mass is 127. The van der Waals surface area contributed by atoms with Crippen LogP contribution in [0, 0.1) is 12.3 Å². The van der Waals surface area contributed by atoms with Crippen LogP contribution >= 0.6 is 24.0 Å². The van der Waals surface area contributed by atoms with E-state index in [-0.39, 0.29) is 24.0 Å². The van der Waals surface area contributed by atoms with E-state index in [1.54, 1.807) is 6.26 Å². The Morgan fingerprint density at radius 3 is 2.81 bits per heavy atom. The first-order valence-electron chi connectivity index (χ1n) is 9.22. The van der Waals surface area contributed by atoms with Crippen LogP contribution in [0.3, 0.4) is 0 Å². The Hall–Kier alpha value is -1.61. The molecule has 0 bridgehead atoms. The number of nitrogens with one attached hydrogen (secondary N) is 1. The van der Waals surface area contributed by atoms with Gasteiger partial charge >= 0.3 is 0 Å². The molecule has 4 rings (SSSR count). The number of aryl methyl sites for hydroxylation is 1. The van der Waals surface area contributed by atoms with E-state index < -0.39 is 0 Å². The van der Waals surface area contributed by atoms with Gasteiger partial charge in [0.1, 0.15) is 6.26 Å². The number of halogens is 1. The monoisotopic (exact) mass is 482 g/mol. The van der Waals surface area contributed by atoms with Gasteiger partial charge in [0.25, 0.3) is 0 Å². The molecule has 2 saturated heterocycles. The molecule has 0 amide bonds. The van der Waals surface area contributed by atoms with E-state index in [0.29, 0.717) is 17.9 Å². The fraction of sp³-hybridized carbons (Fsp3) is 0.500. The Bertz CT molecular complexity index is 782. The highest BCUT2D eigenvalue weighted by molar-refractivity contribution is 14.0. The number of benzene rings is 1. The van der Waals surface area contributed by atoms with Crippen LogP contribution < -0.4 is 5.32 Å². The van der Waals surface area contributed by atoms with Crippen molar-refractivity contribution >= 4 is 29.9 Å². The second-order valence-electron chi connectivity index (χ2n) is 7.38. The number of rotatable bonds is 3. The van der Waals surface area contributed by atoms with Gasteiger partial charge in [-0.15, -0.1) is 24.0 Å². The number of hydrogen-bond donors (Lipinski definition) is 1. The summed E-state index contributed by atoms with van der Waals surface area (Å²) < 4.78 is 11.3. The minimum absolute atomic E-state index is 0. The summed E-state index contributed by atoms with van der Waals surface area (Å²) >= 11 is 0. The topological polar surface area (TPSA) is 62.9 Å². The van der Waals surface area contributed by atoms with Crippen molar-refractivity contribution in [3.63, 3.8) is 0 Å². The molecule has 2 aliphatic rings. The quantitative estimate of drug-likeness (QED) is 0.413. The van der Waals surface area contributed by atoms with Crippen LogP contribution in [0.4, 0.5) is 0 Å². The summed E-state index contributed by atoms with van der Waals surface area (Å²) in [6.45, 7) is 6.48. The zero-order chi connectivity index (χ0) is 18.0. The normalized spacial score (nSPS) is 22.3. The summed E-state index contributed by atoms with van der Waals surface area (Å²) in [6.07, 6.45) is 4.05.